The van der Waals surface area contributed by atoms with Gasteiger partial charge in [-0.2, -0.15) is 5.10 Å². The second-order valence-electron chi connectivity index (χ2n) is 13.8. The molecule has 0 radical (unpaired) electrons. The van der Waals surface area contributed by atoms with Crippen LogP contribution in [0.2, 0.25) is 0 Å². The summed E-state index contributed by atoms with van der Waals surface area (Å²) < 4.78 is 38.4. The van der Waals surface area contributed by atoms with Gasteiger partial charge in [-0.15, -0.1) is 0 Å². The third-order valence-corrected chi connectivity index (χ3v) is 10.0. The van der Waals surface area contributed by atoms with Crippen molar-refractivity contribution in [3.8, 4) is 11.1 Å². The van der Waals surface area contributed by atoms with Crippen molar-refractivity contribution in [2.45, 2.75) is 81.5 Å². The summed E-state index contributed by atoms with van der Waals surface area (Å²) in [5.41, 5.74) is -0.321. The maximum absolute atomic E-state index is 14.1. The van der Waals surface area contributed by atoms with Gasteiger partial charge in [0.2, 0.25) is 15.6 Å². The van der Waals surface area contributed by atoms with Crippen molar-refractivity contribution in [3.63, 3.8) is 0 Å². The molecule has 3 N–H and O–H groups in total. The molecular formula is C33H39N7O7S. The summed E-state index contributed by atoms with van der Waals surface area (Å²) >= 11 is 0. The molecule has 1 amide bonds. The Morgan fingerprint density at radius 1 is 1.10 bits per heavy atom. The van der Waals surface area contributed by atoms with Crippen LogP contribution in [0, 0.1) is 0 Å². The molecule has 2 fully saturated rings. The van der Waals surface area contributed by atoms with E-state index >= 15 is 0 Å². The number of H-pyrrole nitrogens is 1. The van der Waals surface area contributed by atoms with Crippen molar-refractivity contribution >= 4 is 32.8 Å². The van der Waals surface area contributed by atoms with E-state index in [0.29, 0.717) is 47.9 Å². The van der Waals surface area contributed by atoms with Crippen LogP contribution in [-0.2, 0) is 33.2 Å². The first-order valence-corrected chi connectivity index (χ1v) is 17.1. The fourth-order valence-corrected chi connectivity index (χ4v) is 7.06. The van der Waals surface area contributed by atoms with Crippen molar-refractivity contribution in [3.05, 3.63) is 75.9 Å². The Labute approximate surface area is 277 Å². The molecule has 15 heteroatoms. The van der Waals surface area contributed by atoms with Crippen LogP contribution in [-0.4, -0.2) is 63.4 Å². The third kappa shape index (κ3) is 6.78. The number of hydrogen-bond acceptors (Lipinski definition) is 9. The summed E-state index contributed by atoms with van der Waals surface area (Å²) in [4.78, 5) is 48.3. The van der Waals surface area contributed by atoms with Gasteiger partial charge in [0.15, 0.2) is 5.78 Å². The number of carbonyl (C=O) groups excluding carboxylic acids is 2. The van der Waals surface area contributed by atoms with Gasteiger partial charge in [0, 0.05) is 35.5 Å². The summed E-state index contributed by atoms with van der Waals surface area (Å²) in [5.74, 6) is -0.256. The zero-order valence-electron chi connectivity index (χ0n) is 27.7. The van der Waals surface area contributed by atoms with E-state index in [1.54, 1.807) is 69.2 Å². The minimum absolute atomic E-state index is 0.0772. The monoisotopic (exact) mass is 677 g/mol. The van der Waals surface area contributed by atoms with Crippen LogP contribution in [0.15, 0.2) is 63.6 Å². The topological polar surface area (TPSA) is 179 Å². The van der Waals surface area contributed by atoms with Crippen molar-refractivity contribution in [2.24, 2.45) is 12.2 Å². The summed E-state index contributed by atoms with van der Waals surface area (Å²) in [7, 11) is -0.900. The van der Waals surface area contributed by atoms with Gasteiger partial charge >= 0.3 is 6.09 Å². The second kappa shape index (κ2) is 11.7. The van der Waals surface area contributed by atoms with E-state index in [-0.39, 0.29) is 28.2 Å². The lowest BCUT2D eigenvalue weighted by Gasteiger charge is -2.23. The fraction of sp³-hybridized carbons (Fsp3) is 0.424. The van der Waals surface area contributed by atoms with Crippen LogP contribution >= 0.6 is 0 Å². The zero-order chi connectivity index (χ0) is 34.6. The molecule has 6 rings (SSSR count). The highest BCUT2D eigenvalue weighted by Gasteiger charge is 2.52. The number of ketones is 1. The van der Waals surface area contributed by atoms with E-state index in [2.05, 4.69) is 25.3 Å². The number of aromatic amines is 1. The van der Waals surface area contributed by atoms with Crippen LogP contribution in [0.4, 0.5) is 4.79 Å². The van der Waals surface area contributed by atoms with Gasteiger partial charge in [-0.05, 0) is 76.2 Å². The van der Waals surface area contributed by atoms with Crippen molar-refractivity contribution in [1.29, 1.82) is 0 Å². The molecule has 254 valence electrons. The average molecular weight is 678 g/mol. The Morgan fingerprint density at radius 3 is 2.35 bits per heavy atom. The number of ether oxygens (including phenoxy) is 1. The number of amides is 1. The van der Waals surface area contributed by atoms with E-state index in [1.807, 2.05) is 6.92 Å². The minimum Gasteiger partial charge on any atom is -0.444 e. The number of benzene rings is 2. The number of nitrogens with zero attached hydrogens (tertiary/aromatic N) is 4. The molecule has 14 nitrogen and oxygen atoms in total. The molecule has 0 spiro atoms. The van der Waals surface area contributed by atoms with E-state index in [0.717, 1.165) is 5.56 Å². The van der Waals surface area contributed by atoms with Crippen molar-refractivity contribution in [1.82, 2.24) is 29.4 Å². The molecular weight excluding hydrogens is 638 g/mol. The predicted molar refractivity (Wildman–Crippen MR) is 177 cm³/mol. The highest BCUT2D eigenvalue weighted by atomic mass is 32.2. The predicted octanol–water partition coefficient (Wildman–Crippen LogP) is 3.31. The quantitative estimate of drug-likeness (QED) is 0.169. The Balaban J connectivity index is 1.45. The Kier molecular flexibility index (Phi) is 8.11. The smallest absolute Gasteiger partial charge is 0.408 e. The van der Waals surface area contributed by atoms with E-state index < -0.39 is 38.4 Å². The zero-order valence-corrected chi connectivity index (χ0v) is 28.5. The second-order valence-corrected chi connectivity index (χ2v) is 15.5. The first kappa shape index (κ1) is 33.2. The lowest BCUT2D eigenvalue weighted by atomic mass is 9.97. The normalized spacial score (nSPS) is 16.8. The van der Waals surface area contributed by atoms with Crippen LogP contribution < -0.4 is 21.2 Å². The number of rotatable bonds is 10. The van der Waals surface area contributed by atoms with E-state index in [9.17, 15) is 22.8 Å². The molecule has 2 aliphatic carbocycles. The van der Waals surface area contributed by atoms with Gasteiger partial charge in [-0.25, -0.2) is 17.9 Å². The number of carbonyl (C=O) groups is 2. The van der Waals surface area contributed by atoms with E-state index in [4.69, 9.17) is 9.57 Å². The highest BCUT2D eigenvalue weighted by Crippen LogP contribution is 2.40. The number of hydrogen-bond donors (Lipinski definition) is 3. The van der Waals surface area contributed by atoms with E-state index in [1.165, 1.54) is 23.8 Å². The van der Waals surface area contributed by atoms with Crippen molar-refractivity contribution in [2.75, 3.05) is 7.11 Å². The molecule has 2 aromatic heterocycles. The number of alkyl carbamates (subject to hydrolysis) is 1. The molecule has 2 saturated carbocycles. The first-order chi connectivity index (χ1) is 22.5. The molecule has 4 aromatic rings. The number of sulfonamides is 1. The van der Waals surface area contributed by atoms with Gasteiger partial charge in [0.25, 0.3) is 5.56 Å². The number of Topliss-reactive ketones (excluding diaryl/α,β-unsaturated/α-hetero) is 1. The third-order valence-electron chi connectivity index (χ3n) is 8.43. The standard InChI is InChI=1S/C33H39N7O7S/c1-31(2,3)47-30(43)36-33(13-14-33)27(41)22-9-7-21(8-10-22)24-15-23(48(44,45)38-32(4)11-12-32)16-25-26(24)35-29(37-46-6)40(28(25)42)19-20-17-34-39(5)18-20/h7-10,15-18,38H,11-14,19H2,1-6H3,(H,35,37)(H,36,43). The number of aromatic nitrogens is 4. The summed E-state index contributed by atoms with van der Waals surface area (Å²) in [6.07, 6.45) is 5.10. The molecule has 2 aromatic carbocycles. The molecule has 2 aliphatic rings. The molecule has 0 atom stereocenters. The first-order valence-electron chi connectivity index (χ1n) is 15.6. The molecule has 0 saturated heterocycles. The molecule has 0 aliphatic heterocycles. The number of fused-ring (bicyclic) bond motifs is 1. The molecule has 48 heavy (non-hydrogen) atoms. The van der Waals surface area contributed by atoms with Gasteiger partial charge in [0.05, 0.1) is 28.5 Å². The summed E-state index contributed by atoms with van der Waals surface area (Å²) in [6.45, 7) is 7.18. The van der Waals surface area contributed by atoms with Crippen molar-refractivity contribution < 1.29 is 27.6 Å². The minimum atomic E-state index is -4.02. The molecule has 0 bridgehead atoms. The Bertz CT molecular complexity index is 2170. The number of nitrogens with one attached hydrogen (secondary N) is 3. The molecule has 0 unspecified atom stereocenters. The molecule has 2 heterocycles. The fourth-order valence-electron chi connectivity index (χ4n) is 5.55. The van der Waals surface area contributed by atoms with Crippen LogP contribution in [0.5, 0.6) is 0 Å². The maximum Gasteiger partial charge on any atom is 0.408 e. The lowest BCUT2D eigenvalue weighted by molar-refractivity contribution is 0.0482. The maximum atomic E-state index is 14.1. The van der Waals surface area contributed by atoms with Crippen LogP contribution in [0.1, 0.15) is 69.3 Å². The largest absolute Gasteiger partial charge is 0.444 e. The van der Waals surface area contributed by atoms with Gasteiger partial charge < -0.3 is 19.9 Å². The Hall–Kier alpha value is -4.76. The van der Waals surface area contributed by atoms with Crippen LogP contribution in [0.25, 0.3) is 22.0 Å². The summed E-state index contributed by atoms with van der Waals surface area (Å²) in [6, 6.07) is 9.46. The van der Waals surface area contributed by atoms with Crippen LogP contribution in [0.3, 0.4) is 0 Å². The SMILES string of the molecule is CO/N=c1\[nH]c2c(-c3ccc(C(=O)C4(NC(=O)OC(C)(C)C)CC4)cc3)cc(S(=O)(=O)NC3(C)CC3)cc2c(=O)n1Cc1cnn(C)c1. The van der Waals surface area contributed by atoms with Gasteiger partial charge in [0.1, 0.15) is 18.2 Å². The van der Waals surface area contributed by atoms with Gasteiger partial charge in [-0.1, -0.05) is 24.3 Å². The average Bonchev–Trinajstić information content (AvgIpc) is 3.90. The lowest BCUT2D eigenvalue weighted by Crippen LogP contribution is -2.45. The Morgan fingerprint density at radius 2 is 1.79 bits per heavy atom. The summed E-state index contributed by atoms with van der Waals surface area (Å²) in [5, 5.41) is 11.1. The van der Waals surface area contributed by atoms with Gasteiger partial charge in [-0.3, -0.25) is 18.8 Å². The highest BCUT2D eigenvalue weighted by molar-refractivity contribution is 7.89. The number of aryl methyl sites for hydroxylation is 1.